The fraction of sp³-hybridized carbons (Fsp3) is 0.500. The van der Waals surface area contributed by atoms with Crippen LogP contribution in [0.3, 0.4) is 0 Å². The van der Waals surface area contributed by atoms with Crippen LogP contribution in [0.5, 0.6) is 0 Å². The van der Waals surface area contributed by atoms with Gasteiger partial charge in [-0.25, -0.2) is 4.79 Å². The molecule has 1 aromatic rings. The maximum absolute atomic E-state index is 12.5. The van der Waals surface area contributed by atoms with E-state index in [2.05, 4.69) is 15.9 Å². The third-order valence-corrected chi connectivity index (χ3v) is 5.35. The number of nitrogens with zero attached hydrogens (tertiary/aromatic N) is 1. The zero-order valence-corrected chi connectivity index (χ0v) is 12.4. The van der Waals surface area contributed by atoms with E-state index in [1.165, 1.54) is 16.2 Å². The van der Waals surface area contributed by atoms with Crippen LogP contribution in [-0.4, -0.2) is 34.0 Å². The molecule has 0 spiro atoms. The number of hydrogen-bond donors (Lipinski definition) is 1. The van der Waals surface area contributed by atoms with Crippen molar-refractivity contribution in [3.8, 4) is 0 Å². The van der Waals surface area contributed by atoms with Crippen molar-refractivity contribution in [1.82, 2.24) is 4.90 Å². The SMILES string of the molecule is CCC1(C(=O)O)CCCN1C(=O)c1sccc1Br. The lowest BCUT2D eigenvalue weighted by Gasteiger charge is -2.33. The molecule has 1 aliphatic heterocycles. The molecule has 0 aromatic carbocycles. The Hall–Kier alpha value is -0.880. The van der Waals surface area contributed by atoms with Crippen molar-refractivity contribution in [2.24, 2.45) is 0 Å². The summed E-state index contributed by atoms with van der Waals surface area (Å²) in [6.45, 7) is 2.34. The highest BCUT2D eigenvalue weighted by atomic mass is 79.9. The third-order valence-electron chi connectivity index (χ3n) is 3.53. The molecule has 18 heavy (non-hydrogen) atoms. The van der Waals surface area contributed by atoms with Gasteiger partial charge in [-0.1, -0.05) is 6.92 Å². The minimum atomic E-state index is -1.03. The van der Waals surface area contributed by atoms with Gasteiger partial charge in [-0.15, -0.1) is 11.3 Å². The monoisotopic (exact) mass is 331 g/mol. The van der Waals surface area contributed by atoms with Gasteiger partial charge >= 0.3 is 5.97 Å². The predicted octanol–water partition coefficient (Wildman–Crippen LogP) is 2.98. The lowest BCUT2D eigenvalue weighted by Crippen LogP contribution is -2.52. The Bertz CT molecular complexity index is 487. The molecule has 2 heterocycles. The number of aliphatic carboxylic acids is 1. The molecule has 0 radical (unpaired) electrons. The third kappa shape index (κ3) is 1.97. The van der Waals surface area contributed by atoms with E-state index in [1.54, 1.807) is 0 Å². The van der Waals surface area contributed by atoms with E-state index in [4.69, 9.17) is 0 Å². The highest BCUT2D eigenvalue weighted by Gasteiger charge is 2.49. The Labute approximate surface area is 118 Å². The van der Waals surface area contributed by atoms with Gasteiger partial charge in [0.05, 0.1) is 0 Å². The minimum absolute atomic E-state index is 0.182. The van der Waals surface area contributed by atoms with E-state index in [0.717, 1.165) is 10.9 Å². The Morgan fingerprint density at radius 2 is 2.33 bits per heavy atom. The van der Waals surface area contributed by atoms with Gasteiger partial charge in [0.15, 0.2) is 0 Å². The lowest BCUT2D eigenvalue weighted by atomic mass is 9.93. The smallest absolute Gasteiger partial charge is 0.329 e. The summed E-state index contributed by atoms with van der Waals surface area (Å²) < 4.78 is 0.736. The minimum Gasteiger partial charge on any atom is -0.479 e. The number of hydrogen-bond acceptors (Lipinski definition) is 3. The Morgan fingerprint density at radius 3 is 2.83 bits per heavy atom. The molecule has 98 valence electrons. The molecule has 2 rings (SSSR count). The molecule has 4 nitrogen and oxygen atoms in total. The topological polar surface area (TPSA) is 57.6 Å². The zero-order valence-electron chi connectivity index (χ0n) is 9.98. The van der Waals surface area contributed by atoms with Crippen LogP contribution in [0.4, 0.5) is 0 Å². The molecule has 1 unspecified atom stereocenters. The Kier molecular flexibility index (Phi) is 3.77. The number of carbonyl (C=O) groups excluding carboxylic acids is 1. The highest BCUT2D eigenvalue weighted by molar-refractivity contribution is 9.10. The molecular formula is C12H14BrNO3S. The summed E-state index contributed by atoms with van der Waals surface area (Å²) in [6, 6.07) is 1.81. The van der Waals surface area contributed by atoms with Crippen LogP contribution < -0.4 is 0 Å². The van der Waals surface area contributed by atoms with Gasteiger partial charge in [0.25, 0.3) is 5.91 Å². The molecule has 1 fully saturated rings. The standard InChI is InChI=1S/C12H14BrNO3S/c1-2-12(11(16)17)5-3-6-14(12)10(15)9-8(13)4-7-18-9/h4,7H,2-3,5-6H2,1H3,(H,16,17). The largest absolute Gasteiger partial charge is 0.479 e. The number of rotatable bonds is 3. The van der Waals surface area contributed by atoms with E-state index in [0.29, 0.717) is 24.3 Å². The van der Waals surface area contributed by atoms with Crippen LogP contribution >= 0.6 is 27.3 Å². The van der Waals surface area contributed by atoms with Crippen molar-refractivity contribution < 1.29 is 14.7 Å². The van der Waals surface area contributed by atoms with Gasteiger partial charge < -0.3 is 10.0 Å². The van der Waals surface area contributed by atoms with Gasteiger partial charge in [-0.2, -0.15) is 0 Å². The molecule has 1 amide bonds. The van der Waals surface area contributed by atoms with Gasteiger partial charge in [-0.05, 0) is 46.6 Å². The van der Waals surface area contributed by atoms with Crippen molar-refractivity contribution in [3.63, 3.8) is 0 Å². The summed E-state index contributed by atoms with van der Waals surface area (Å²) >= 11 is 4.66. The first-order chi connectivity index (χ1) is 8.53. The van der Waals surface area contributed by atoms with Gasteiger partial charge in [-0.3, -0.25) is 4.79 Å². The second-order valence-corrected chi connectivity index (χ2v) is 6.12. The molecule has 6 heteroatoms. The second kappa shape index (κ2) is 5.01. The zero-order chi connectivity index (χ0) is 13.3. The molecule has 1 N–H and O–H groups in total. The van der Waals surface area contributed by atoms with Crippen LogP contribution in [0, 0.1) is 0 Å². The van der Waals surface area contributed by atoms with E-state index in [9.17, 15) is 14.7 Å². The average Bonchev–Trinajstić information content (AvgIpc) is 2.94. The van der Waals surface area contributed by atoms with Crippen molar-refractivity contribution in [3.05, 3.63) is 20.8 Å². The van der Waals surface area contributed by atoms with Crippen molar-refractivity contribution in [2.75, 3.05) is 6.54 Å². The van der Waals surface area contributed by atoms with Crippen LogP contribution in [0.2, 0.25) is 0 Å². The van der Waals surface area contributed by atoms with E-state index in [1.807, 2.05) is 18.4 Å². The molecule has 1 aromatic heterocycles. The first-order valence-electron chi connectivity index (χ1n) is 5.81. The first kappa shape index (κ1) is 13.5. The predicted molar refractivity (Wildman–Crippen MR) is 72.9 cm³/mol. The lowest BCUT2D eigenvalue weighted by molar-refractivity contribution is -0.148. The van der Waals surface area contributed by atoms with E-state index in [-0.39, 0.29) is 5.91 Å². The van der Waals surface area contributed by atoms with E-state index >= 15 is 0 Å². The fourth-order valence-electron chi connectivity index (χ4n) is 2.48. The molecule has 1 aliphatic rings. The van der Waals surface area contributed by atoms with Crippen molar-refractivity contribution in [2.45, 2.75) is 31.7 Å². The molecule has 1 atom stereocenters. The molecule has 0 aliphatic carbocycles. The molecule has 0 bridgehead atoms. The van der Waals surface area contributed by atoms with Crippen LogP contribution in [-0.2, 0) is 4.79 Å². The number of likely N-dealkylation sites (tertiary alicyclic amines) is 1. The van der Waals surface area contributed by atoms with Crippen molar-refractivity contribution >= 4 is 39.1 Å². The second-order valence-electron chi connectivity index (χ2n) is 4.35. The van der Waals surface area contributed by atoms with Crippen molar-refractivity contribution in [1.29, 1.82) is 0 Å². The first-order valence-corrected chi connectivity index (χ1v) is 7.48. The van der Waals surface area contributed by atoms with Gasteiger partial charge in [0.2, 0.25) is 0 Å². The summed E-state index contributed by atoms with van der Waals surface area (Å²) in [5.74, 6) is -1.08. The van der Waals surface area contributed by atoms with Gasteiger partial charge in [0.1, 0.15) is 10.4 Å². The summed E-state index contributed by atoms with van der Waals surface area (Å²) in [6.07, 6.45) is 1.72. The fourth-order valence-corrected chi connectivity index (χ4v) is 3.97. The molecule has 1 saturated heterocycles. The average molecular weight is 332 g/mol. The Morgan fingerprint density at radius 1 is 1.61 bits per heavy atom. The number of carboxylic acid groups (broad SMARTS) is 1. The number of halogens is 1. The summed E-state index contributed by atoms with van der Waals surface area (Å²) in [7, 11) is 0. The molecule has 0 saturated carbocycles. The van der Waals surface area contributed by atoms with Gasteiger partial charge in [0, 0.05) is 11.0 Å². The number of carbonyl (C=O) groups is 2. The van der Waals surface area contributed by atoms with Crippen LogP contribution in [0.15, 0.2) is 15.9 Å². The number of amides is 1. The number of thiophene rings is 1. The normalized spacial score (nSPS) is 23.3. The summed E-state index contributed by atoms with van der Waals surface area (Å²) in [5, 5.41) is 11.3. The number of carboxylic acids is 1. The van der Waals surface area contributed by atoms with E-state index < -0.39 is 11.5 Å². The van der Waals surface area contributed by atoms with Crippen LogP contribution in [0.25, 0.3) is 0 Å². The maximum atomic E-state index is 12.5. The maximum Gasteiger partial charge on any atom is 0.329 e. The quantitative estimate of drug-likeness (QED) is 0.926. The summed E-state index contributed by atoms with van der Waals surface area (Å²) in [4.78, 5) is 26.1. The summed E-state index contributed by atoms with van der Waals surface area (Å²) in [5.41, 5.74) is -1.03. The highest BCUT2D eigenvalue weighted by Crippen LogP contribution is 2.36. The van der Waals surface area contributed by atoms with Crippen LogP contribution in [0.1, 0.15) is 35.9 Å². The molecular weight excluding hydrogens is 318 g/mol. The Balaban J connectivity index is 2.35.